The number of nitriles is 1. The first-order valence-electron chi connectivity index (χ1n) is 11.1. The lowest BCUT2D eigenvalue weighted by atomic mass is 10.1. The Kier molecular flexibility index (Phi) is 6.95. The Morgan fingerprint density at radius 2 is 1.68 bits per heavy atom. The van der Waals surface area contributed by atoms with E-state index in [0.29, 0.717) is 18.7 Å². The largest absolute Gasteiger partial charge is 0.486 e. The number of carbonyl (C=O) groups excluding carboxylic acids is 1. The molecule has 1 fully saturated rings. The average molecular weight is 459 g/mol. The van der Waals surface area contributed by atoms with E-state index in [1.807, 2.05) is 18.2 Å². The van der Waals surface area contributed by atoms with Gasteiger partial charge in [0.15, 0.2) is 11.4 Å². The van der Waals surface area contributed by atoms with E-state index in [1.165, 1.54) is 16.3 Å². The molecular weight excluding hydrogens is 432 g/mol. The van der Waals surface area contributed by atoms with E-state index in [1.54, 1.807) is 36.2 Å². The third-order valence-corrected chi connectivity index (χ3v) is 5.94. The Bertz CT molecular complexity index is 1200. The summed E-state index contributed by atoms with van der Waals surface area (Å²) >= 11 is 0. The van der Waals surface area contributed by atoms with Crippen molar-refractivity contribution in [3.8, 4) is 11.8 Å². The zero-order valence-corrected chi connectivity index (χ0v) is 19.0. The van der Waals surface area contributed by atoms with E-state index in [2.05, 4.69) is 23.1 Å². The van der Waals surface area contributed by atoms with E-state index >= 15 is 0 Å². The van der Waals surface area contributed by atoms with Gasteiger partial charge in [-0.3, -0.25) is 9.69 Å². The maximum atomic E-state index is 13.4. The fourth-order valence-corrected chi connectivity index (χ4v) is 4.10. The van der Waals surface area contributed by atoms with Crippen molar-refractivity contribution in [2.24, 2.45) is 7.05 Å². The van der Waals surface area contributed by atoms with Crippen LogP contribution in [-0.2, 0) is 20.2 Å². The second kappa shape index (κ2) is 10.2. The third kappa shape index (κ3) is 5.11. The third-order valence-electron chi connectivity index (χ3n) is 5.94. The lowest BCUT2D eigenvalue weighted by Gasteiger charge is -2.34. The molecule has 1 N–H and O–H groups in total. The smallest absolute Gasteiger partial charge is 0.356 e. The summed E-state index contributed by atoms with van der Waals surface area (Å²) in [6.07, 6.45) is 1.52. The summed E-state index contributed by atoms with van der Waals surface area (Å²) in [6.45, 7) is 3.49. The van der Waals surface area contributed by atoms with Gasteiger partial charge in [0.2, 0.25) is 0 Å². The van der Waals surface area contributed by atoms with Crippen LogP contribution in [0.4, 0.5) is 0 Å². The molecule has 174 valence electrons. The molecule has 0 bridgehead atoms. The van der Waals surface area contributed by atoms with Gasteiger partial charge in [-0.25, -0.2) is 4.79 Å². The zero-order chi connectivity index (χ0) is 24.1. The SMILES string of the molecule is Cn1cc(C(=O)N2CCN(Cc3ccccc3)CC2)c(OCc2ccc(C#N)cc2)c1C(=O)O. The van der Waals surface area contributed by atoms with Gasteiger partial charge in [0, 0.05) is 46.0 Å². The number of carboxylic acids is 1. The summed E-state index contributed by atoms with van der Waals surface area (Å²) in [5.41, 5.74) is 2.70. The van der Waals surface area contributed by atoms with E-state index in [0.717, 1.165) is 25.2 Å². The topological polar surface area (TPSA) is 98.8 Å². The predicted molar refractivity (Wildman–Crippen MR) is 125 cm³/mol. The Morgan fingerprint density at radius 1 is 1.00 bits per heavy atom. The molecule has 1 saturated heterocycles. The molecule has 0 unspecified atom stereocenters. The average Bonchev–Trinajstić information content (AvgIpc) is 3.20. The van der Waals surface area contributed by atoms with Crippen molar-refractivity contribution < 1.29 is 19.4 Å². The Morgan fingerprint density at radius 3 is 2.29 bits per heavy atom. The second-order valence-electron chi connectivity index (χ2n) is 8.29. The number of carbonyl (C=O) groups is 2. The predicted octanol–water partition coefficient (Wildman–Crippen LogP) is 3.13. The van der Waals surface area contributed by atoms with Crippen molar-refractivity contribution in [3.63, 3.8) is 0 Å². The lowest BCUT2D eigenvalue weighted by molar-refractivity contribution is 0.0624. The normalized spacial score (nSPS) is 13.9. The van der Waals surface area contributed by atoms with Crippen molar-refractivity contribution in [1.82, 2.24) is 14.4 Å². The van der Waals surface area contributed by atoms with Crippen molar-refractivity contribution in [1.29, 1.82) is 5.26 Å². The first-order chi connectivity index (χ1) is 16.5. The second-order valence-corrected chi connectivity index (χ2v) is 8.29. The number of aromatic carboxylic acids is 1. The first kappa shape index (κ1) is 23.1. The van der Waals surface area contributed by atoms with Crippen LogP contribution in [-0.4, -0.2) is 57.5 Å². The molecule has 1 aromatic heterocycles. The van der Waals surface area contributed by atoms with Gasteiger partial charge >= 0.3 is 5.97 Å². The highest BCUT2D eigenvalue weighted by atomic mass is 16.5. The molecule has 2 heterocycles. The quantitative estimate of drug-likeness (QED) is 0.584. The molecule has 0 spiro atoms. The summed E-state index contributed by atoms with van der Waals surface area (Å²) in [7, 11) is 1.59. The van der Waals surface area contributed by atoms with Gasteiger partial charge in [-0.1, -0.05) is 42.5 Å². The maximum absolute atomic E-state index is 13.4. The molecule has 0 aliphatic carbocycles. The van der Waals surface area contributed by atoms with Gasteiger partial charge in [0.1, 0.15) is 12.2 Å². The number of rotatable bonds is 7. The van der Waals surface area contributed by atoms with E-state index < -0.39 is 5.97 Å². The van der Waals surface area contributed by atoms with Gasteiger partial charge in [-0.2, -0.15) is 5.26 Å². The van der Waals surface area contributed by atoms with Crippen molar-refractivity contribution in [2.45, 2.75) is 13.2 Å². The highest BCUT2D eigenvalue weighted by Gasteiger charge is 2.30. The number of piperazine rings is 1. The van der Waals surface area contributed by atoms with Crippen LogP contribution in [0.15, 0.2) is 60.8 Å². The molecule has 1 aliphatic rings. The highest BCUT2D eigenvalue weighted by Crippen LogP contribution is 2.29. The molecule has 2 aromatic carbocycles. The zero-order valence-electron chi connectivity index (χ0n) is 19.0. The van der Waals surface area contributed by atoms with Crippen LogP contribution >= 0.6 is 0 Å². The van der Waals surface area contributed by atoms with Crippen LogP contribution in [0.5, 0.6) is 5.75 Å². The number of amides is 1. The highest BCUT2D eigenvalue weighted by molar-refractivity contribution is 6.02. The molecule has 3 aromatic rings. The summed E-state index contributed by atoms with van der Waals surface area (Å²) in [4.78, 5) is 29.3. The van der Waals surface area contributed by atoms with E-state index in [9.17, 15) is 14.7 Å². The van der Waals surface area contributed by atoms with Gasteiger partial charge in [0.25, 0.3) is 5.91 Å². The van der Waals surface area contributed by atoms with Crippen LogP contribution in [0, 0.1) is 11.3 Å². The van der Waals surface area contributed by atoms with Crippen molar-refractivity contribution in [3.05, 3.63) is 88.7 Å². The maximum Gasteiger partial charge on any atom is 0.356 e. The summed E-state index contributed by atoms with van der Waals surface area (Å²) in [5, 5.41) is 18.7. The number of hydrogen-bond donors (Lipinski definition) is 1. The molecule has 34 heavy (non-hydrogen) atoms. The van der Waals surface area contributed by atoms with Crippen LogP contribution in [0.1, 0.15) is 37.5 Å². The molecule has 0 saturated carbocycles. The minimum atomic E-state index is -1.16. The molecule has 8 nitrogen and oxygen atoms in total. The number of hydrogen-bond acceptors (Lipinski definition) is 5. The Balaban J connectivity index is 1.47. The van der Waals surface area contributed by atoms with Crippen molar-refractivity contribution in [2.75, 3.05) is 26.2 Å². The number of aromatic nitrogens is 1. The minimum absolute atomic E-state index is 0.0658. The van der Waals surface area contributed by atoms with Crippen molar-refractivity contribution >= 4 is 11.9 Å². The molecule has 1 amide bonds. The van der Waals surface area contributed by atoms with Gasteiger partial charge < -0.3 is 19.3 Å². The number of benzene rings is 2. The van der Waals surface area contributed by atoms with Crippen LogP contribution in [0.3, 0.4) is 0 Å². The lowest BCUT2D eigenvalue weighted by Crippen LogP contribution is -2.48. The van der Waals surface area contributed by atoms with Crippen LogP contribution < -0.4 is 4.74 Å². The monoisotopic (exact) mass is 458 g/mol. The molecule has 8 heteroatoms. The first-order valence-corrected chi connectivity index (χ1v) is 11.1. The van der Waals surface area contributed by atoms with Gasteiger partial charge in [-0.15, -0.1) is 0 Å². The Labute approximate surface area is 198 Å². The standard InChI is InChI=1S/C26H26N4O4/c1-28-17-22(24(23(28)26(32)33)34-18-21-9-7-19(15-27)8-10-21)25(31)30-13-11-29(12-14-30)16-20-5-3-2-4-6-20/h2-10,17H,11-14,16,18H2,1H3,(H,32,33). The van der Waals surface area contributed by atoms with Gasteiger partial charge in [-0.05, 0) is 23.3 Å². The summed E-state index contributed by atoms with van der Waals surface area (Å²) < 4.78 is 7.29. The number of ether oxygens (including phenoxy) is 1. The number of nitrogens with zero attached hydrogens (tertiary/aromatic N) is 4. The van der Waals surface area contributed by atoms with Crippen LogP contribution in [0.2, 0.25) is 0 Å². The Hall–Kier alpha value is -4.09. The van der Waals surface area contributed by atoms with E-state index in [-0.39, 0.29) is 29.5 Å². The molecule has 0 radical (unpaired) electrons. The molecule has 0 atom stereocenters. The van der Waals surface area contributed by atoms with Gasteiger partial charge in [0.05, 0.1) is 11.6 Å². The molecular formula is C26H26N4O4. The molecule has 1 aliphatic heterocycles. The molecule has 4 rings (SSSR count). The fourth-order valence-electron chi connectivity index (χ4n) is 4.10. The number of aryl methyl sites for hydroxylation is 1. The minimum Gasteiger partial charge on any atom is -0.486 e. The van der Waals surface area contributed by atoms with E-state index in [4.69, 9.17) is 10.00 Å². The summed E-state index contributed by atoms with van der Waals surface area (Å²) in [6, 6.07) is 19.1. The van der Waals surface area contributed by atoms with Crippen LogP contribution in [0.25, 0.3) is 0 Å². The number of carboxylic acid groups (broad SMARTS) is 1. The fraction of sp³-hybridized carbons (Fsp3) is 0.269. The summed E-state index contributed by atoms with van der Waals surface area (Å²) in [5.74, 6) is -1.34.